The van der Waals surface area contributed by atoms with E-state index < -0.39 is 5.97 Å². The van der Waals surface area contributed by atoms with Crippen LogP contribution in [0.3, 0.4) is 0 Å². The van der Waals surface area contributed by atoms with Gasteiger partial charge in [-0.25, -0.2) is 4.79 Å². The molecule has 21 heavy (non-hydrogen) atoms. The summed E-state index contributed by atoms with van der Waals surface area (Å²) in [6, 6.07) is 5.26. The fraction of sp³-hybridized carbons (Fsp3) is 0.333. The fourth-order valence-electron chi connectivity index (χ4n) is 2.05. The van der Waals surface area contributed by atoms with E-state index in [4.69, 9.17) is 22.1 Å². The standard InChI is InChI=1S/C15H18ClN3O2/c1-4-11-13(16)12(19(3)18-11)8-21-15(20)10-7-5-6-9(2)14(10)17/h5-7H,4,8,17H2,1-3H3. The van der Waals surface area contributed by atoms with Gasteiger partial charge in [-0.15, -0.1) is 0 Å². The highest BCUT2D eigenvalue weighted by molar-refractivity contribution is 6.31. The number of carbonyl (C=O) groups excluding carboxylic acids is 1. The summed E-state index contributed by atoms with van der Waals surface area (Å²) in [6.45, 7) is 3.88. The van der Waals surface area contributed by atoms with E-state index in [1.54, 1.807) is 23.9 Å². The van der Waals surface area contributed by atoms with Crippen LogP contribution in [0.25, 0.3) is 0 Å². The summed E-state index contributed by atoms with van der Waals surface area (Å²) in [5.74, 6) is -0.466. The van der Waals surface area contributed by atoms with Crippen molar-refractivity contribution in [2.45, 2.75) is 26.9 Å². The number of nitrogens with two attached hydrogens (primary N) is 1. The van der Waals surface area contributed by atoms with E-state index in [1.807, 2.05) is 19.9 Å². The second-order valence-electron chi connectivity index (χ2n) is 4.80. The number of halogens is 1. The van der Waals surface area contributed by atoms with Gasteiger partial charge >= 0.3 is 5.97 Å². The van der Waals surface area contributed by atoms with Crippen LogP contribution in [0, 0.1) is 6.92 Å². The highest BCUT2D eigenvalue weighted by atomic mass is 35.5. The Bertz CT molecular complexity index is 680. The van der Waals surface area contributed by atoms with Gasteiger partial charge in [-0.1, -0.05) is 30.7 Å². The third kappa shape index (κ3) is 3.03. The summed E-state index contributed by atoms with van der Waals surface area (Å²) in [5.41, 5.74) is 9.01. The SMILES string of the molecule is CCc1nn(C)c(COC(=O)c2cccc(C)c2N)c1Cl. The molecule has 2 rings (SSSR count). The second kappa shape index (κ2) is 6.18. The third-order valence-electron chi connectivity index (χ3n) is 3.39. The fourth-order valence-corrected chi connectivity index (χ4v) is 2.40. The topological polar surface area (TPSA) is 70.1 Å². The molecule has 0 radical (unpaired) electrons. The first kappa shape index (κ1) is 15.4. The maximum absolute atomic E-state index is 12.1. The van der Waals surface area contributed by atoms with Crippen molar-refractivity contribution in [3.8, 4) is 0 Å². The number of para-hydroxylation sites is 1. The lowest BCUT2D eigenvalue weighted by atomic mass is 10.1. The van der Waals surface area contributed by atoms with Crippen LogP contribution in [0.1, 0.15) is 34.2 Å². The van der Waals surface area contributed by atoms with E-state index in [-0.39, 0.29) is 6.61 Å². The molecule has 0 saturated heterocycles. The molecule has 5 nitrogen and oxygen atoms in total. The van der Waals surface area contributed by atoms with Crippen LogP contribution in [0.4, 0.5) is 5.69 Å². The summed E-state index contributed by atoms with van der Waals surface area (Å²) in [6.07, 6.45) is 0.728. The zero-order valence-corrected chi connectivity index (χ0v) is 13.1. The predicted molar refractivity (Wildman–Crippen MR) is 82.3 cm³/mol. The maximum Gasteiger partial charge on any atom is 0.340 e. The van der Waals surface area contributed by atoms with E-state index >= 15 is 0 Å². The number of aromatic nitrogens is 2. The van der Waals surface area contributed by atoms with E-state index in [0.717, 1.165) is 17.7 Å². The highest BCUT2D eigenvalue weighted by Crippen LogP contribution is 2.23. The molecule has 0 unspecified atom stereocenters. The summed E-state index contributed by atoms with van der Waals surface area (Å²) in [5, 5.41) is 4.83. The number of carbonyl (C=O) groups is 1. The van der Waals surface area contributed by atoms with Crippen LogP contribution in [0.5, 0.6) is 0 Å². The minimum absolute atomic E-state index is 0.0640. The van der Waals surface area contributed by atoms with E-state index in [1.165, 1.54) is 0 Å². The zero-order chi connectivity index (χ0) is 15.6. The molecule has 0 aliphatic carbocycles. The van der Waals surface area contributed by atoms with Crippen LogP contribution in [-0.2, 0) is 24.8 Å². The molecule has 0 atom stereocenters. The van der Waals surface area contributed by atoms with Gasteiger partial charge in [0.15, 0.2) is 0 Å². The smallest absolute Gasteiger partial charge is 0.340 e. The summed E-state index contributed by atoms with van der Waals surface area (Å²) in [4.78, 5) is 12.1. The molecule has 112 valence electrons. The van der Waals surface area contributed by atoms with E-state index in [2.05, 4.69) is 5.10 Å². The average molecular weight is 308 g/mol. The molecule has 0 bridgehead atoms. The first-order valence-corrected chi connectivity index (χ1v) is 7.06. The van der Waals surface area contributed by atoms with Crippen LogP contribution in [0.2, 0.25) is 5.02 Å². The van der Waals surface area contributed by atoms with Crippen LogP contribution in [-0.4, -0.2) is 15.7 Å². The number of hydrogen-bond donors (Lipinski definition) is 1. The number of nitrogens with zero attached hydrogens (tertiary/aromatic N) is 2. The van der Waals surface area contributed by atoms with Crippen LogP contribution < -0.4 is 5.73 Å². The first-order valence-electron chi connectivity index (χ1n) is 6.68. The molecule has 2 N–H and O–H groups in total. The Kier molecular flexibility index (Phi) is 4.53. The predicted octanol–water partition coefficient (Wildman–Crippen LogP) is 2.88. The first-order chi connectivity index (χ1) is 9.95. The lowest BCUT2D eigenvalue weighted by molar-refractivity contribution is 0.0465. The van der Waals surface area contributed by atoms with Gasteiger partial charge < -0.3 is 10.5 Å². The minimum Gasteiger partial charge on any atom is -0.455 e. The van der Waals surface area contributed by atoms with Crippen molar-refractivity contribution in [3.63, 3.8) is 0 Å². The van der Waals surface area contributed by atoms with Crippen molar-refractivity contribution in [2.75, 3.05) is 5.73 Å². The monoisotopic (exact) mass is 307 g/mol. The van der Waals surface area contributed by atoms with Crippen molar-refractivity contribution in [1.82, 2.24) is 9.78 Å². The molecule has 6 heteroatoms. The van der Waals surface area contributed by atoms with Crippen molar-refractivity contribution in [1.29, 1.82) is 0 Å². The molecule has 2 aromatic rings. The molecule has 1 heterocycles. The Morgan fingerprint density at radius 1 is 1.48 bits per heavy atom. The molecule has 0 fully saturated rings. The molecule has 1 aromatic carbocycles. The summed E-state index contributed by atoms with van der Waals surface area (Å²) < 4.78 is 6.94. The van der Waals surface area contributed by atoms with Crippen molar-refractivity contribution in [3.05, 3.63) is 45.7 Å². The van der Waals surface area contributed by atoms with Crippen LogP contribution in [0.15, 0.2) is 18.2 Å². The number of esters is 1. The quantitative estimate of drug-likeness (QED) is 0.696. The molecule has 0 saturated carbocycles. The van der Waals surface area contributed by atoms with E-state index in [0.29, 0.717) is 22.0 Å². The van der Waals surface area contributed by atoms with Gasteiger partial charge in [-0.2, -0.15) is 5.10 Å². The molecule has 0 amide bonds. The number of aryl methyl sites for hydroxylation is 3. The third-order valence-corrected chi connectivity index (χ3v) is 3.82. The van der Waals surface area contributed by atoms with E-state index in [9.17, 15) is 4.79 Å². The van der Waals surface area contributed by atoms with Gasteiger partial charge in [0, 0.05) is 12.7 Å². The van der Waals surface area contributed by atoms with Crippen molar-refractivity contribution in [2.24, 2.45) is 7.05 Å². The lowest BCUT2D eigenvalue weighted by Crippen LogP contribution is -2.11. The van der Waals surface area contributed by atoms with Gasteiger partial charge in [-0.05, 0) is 25.0 Å². The number of benzene rings is 1. The Balaban J connectivity index is 2.15. The van der Waals surface area contributed by atoms with Crippen molar-refractivity contribution < 1.29 is 9.53 Å². The van der Waals surface area contributed by atoms with Gasteiger partial charge in [0.25, 0.3) is 0 Å². The lowest BCUT2D eigenvalue weighted by Gasteiger charge is -2.09. The van der Waals surface area contributed by atoms with Crippen molar-refractivity contribution >= 4 is 23.3 Å². The Morgan fingerprint density at radius 2 is 2.19 bits per heavy atom. The number of anilines is 1. The molecular weight excluding hydrogens is 290 g/mol. The normalized spacial score (nSPS) is 10.7. The van der Waals surface area contributed by atoms with Gasteiger partial charge in [-0.3, -0.25) is 4.68 Å². The maximum atomic E-state index is 12.1. The minimum atomic E-state index is -0.466. The summed E-state index contributed by atoms with van der Waals surface area (Å²) >= 11 is 6.22. The number of ether oxygens (including phenoxy) is 1. The largest absolute Gasteiger partial charge is 0.455 e. The summed E-state index contributed by atoms with van der Waals surface area (Å²) in [7, 11) is 1.77. The van der Waals surface area contributed by atoms with Crippen LogP contribution >= 0.6 is 11.6 Å². The zero-order valence-electron chi connectivity index (χ0n) is 12.3. The molecule has 0 spiro atoms. The molecular formula is C15H18ClN3O2. The Hall–Kier alpha value is -2.01. The molecule has 1 aromatic heterocycles. The molecule has 0 aliphatic heterocycles. The number of rotatable bonds is 4. The second-order valence-corrected chi connectivity index (χ2v) is 5.17. The number of hydrogen-bond acceptors (Lipinski definition) is 4. The van der Waals surface area contributed by atoms with Gasteiger partial charge in [0.1, 0.15) is 6.61 Å². The van der Waals surface area contributed by atoms with Gasteiger partial charge in [0.05, 0.1) is 22.0 Å². The Labute approximate surface area is 128 Å². The molecule has 0 aliphatic rings. The average Bonchev–Trinajstić information content (AvgIpc) is 2.74. The van der Waals surface area contributed by atoms with Gasteiger partial charge in [0.2, 0.25) is 0 Å². The Morgan fingerprint density at radius 3 is 2.81 bits per heavy atom. The highest BCUT2D eigenvalue weighted by Gasteiger charge is 2.17. The number of nitrogen functional groups attached to an aromatic ring is 1.